The molecule has 19 heavy (non-hydrogen) atoms. The van der Waals surface area contributed by atoms with Gasteiger partial charge in [-0.3, -0.25) is 0 Å². The maximum Gasteiger partial charge on any atom is 0.344 e. The van der Waals surface area contributed by atoms with E-state index in [1.165, 1.54) is 12.0 Å². The predicted molar refractivity (Wildman–Crippen MR) is 75.7 cm³/mol. The van der Waals surface area contributed by atoms with E-state index in [1.807, 2.05) is 17.5 Å². The zero-order chi connectivity index (χ0) is 13.7. The van der Waals surface area contributed by atoms with Gasteiger partial charge < -0.3 is 15.2 Å². The van der Waals surface area contributed by atoms with Crippen LogP contribution < -0.4 is 10.5 Å². The molecule has 0 fully saturated rings. The van der Waals surface area contributed by atoms with Crippen molar-refractivity contribution in [1.29, 1.82) is 0 Å². The second kappa shape index (κ2) is 6.24. The molecular weight excluding hydrogens is 262 g/mol. The minimum Gasteiger partial charge on any atom is -0.496 e. The summed E-state index contributed by atoms with van der Waals surface area (Å²) >= 11 is 1.64. The Balaban J connectivity index is 2.00. The van der Waals surface area contributed by atoms with Gasteiger partial charge in [-0.25, -0.2) is 4.79 Å². The van der Waals surface area contributed by atoms with Crippen molar-refractivity contribution in [3.63, 3.8) is 0 Å². The van der Waals surface area contributed by atoms with E-state index in [4.69, 9.17) is 15.2 Å². The first-order valence-corrected chi connectivity index (χ1v) is 6.72. The first-order chi connectivity index (χ1) is 9.22. The summed E-state index contributed by atoms with van der Waals surface area (Å²) in [6, 6.07) is 9.05. The first kappa shape index (κ1) is 13.4. The number of hydrogen-bond acceptors (Lipinski definition) is 5. The summed E-state index contributed by atoms with van der Waals surface area (Å²) in [6.45, 7) is 0.330. The molecule has 0 amide bonds. The average Bonchev–Trinajstić information content (AvgIpc) is 2.91. The molecule has 5 heteroatoms. The van der Waals surface area contributed by atoms with Gasteiger partial charge in [0.1, 0.15) is 11.3 Å². The number of hydrogen-bond donors (Lipinski definition) is 1. The van der Waals surface area contributed by atoms with E-state index in [0.717, 1.165) is 0 Å². The molecule has 0 saturated heterocycles. The Morgan fingerprint density at radius 1 is 1.32 bits per heavy atom. The van der Waals surface area contributed by atoms with Gasteiger partial charge in [0.15, 0.2) is 0 Å². The fraction of sp³-hybridized carbons (Fsp3) is 0.214. The van der Waals surface area contributed by atoms with Gasteiger partial charge in [-0.15, -0.1) is 11.3 Å². The Hall–Kier alpha value is -2.01. The molecule has 0 saturated carbocycles. The lowest BCUT2D eigenvalue weighted by Crippen LogP contribution is -2.11. The summed E-state index contributed by atoms with van der Waals surface area (Å²) in [4.78, 5) is 13.2. The third kappa shape index (κ3) is 3.26. The number of esters is 1. The number of rotatable bonds is 5. The van der Waals surface area contributed by atoms with Crippen molar-refractivity contribution in [2.24, 2.45) is 0 Å². The number of methoxy groups -OCH3 is 1. The third-order valence-corrected chi connectivity index (χ3v) is 3.58. The third-order valence-electron chi connectivity index (χ3n) is 2.64. The smallest absolute Gasteiger partial charge is 0.344 e. The number of carbonyl (C=O) groups is 1. The number of carbonyl (C=O) groups excluding carboxylic acids is 1. The lowest BCUT2D eigenvalue weighted by Gasteiger charge is -2.10. The Kier molecular flexibility index (Phi) is 4.41. The number of benzene rings is 1. The quantitative estimate of drug-likeness (QED) is 0.674. The Morgan fingerprint density at radius 3 is 2.84 bits per heavy atom. The zero-order valence-electron chi connectivity index (χ0n) is 10.6. The highest BCUT2D eigenvalue weighted by molar-refractivity contribution is 7.09. The van der Waals surface area contributed by atoms with Crippen LogP contribution in [0.2, 0.25) is 0 Å². The molecule has 100 valence electrons. The molecule has 2 N–H and O–H groups in total. The topological polar surface area (TPSA) is 61.5 Å². The number of nitrogen functional groups attached to an aromatic ring is 1. The van der Waals surface area contributed by atoms with Gasteiger partial charge in [-0.1, -0.05) is 12.1 Å². The Bertz CT molecular complexity index is 552. The molecule has 0 unspecified atom stereocenters. The maximum absolute atomic E-state index is 12.0. The van der Waals surface area contributed by atoms with Gasteiger partial charge in [0, 0.05) is 17.0 Å². The van der Waals surface area contributed by atoms with Gasteiger partial charge in [-0.2, -0.15) is 0 Å². The van der Waals surface area contributed by atoms with Gasteiger partial charge in [-0.05, 0) is 23.6 Å². The summed E-state index contributed by atoms with van der Waals surface area (Å²) in [7, 11) is 1.50. The van der Waals surface area contributed by atoms with Crippen LogP contribution >= 0.6 is 11.3 Å². The second-order valence-electron chi connectivity index (χ2n) is 3.89. The van der Waals surface area contributed by atoms with Gasteiger partial charge in [0.05, 0.1) is 13.7 Å². The van der Waals surface area contributed by atoms with E-state index in [0.29, 0.717) is 24.5 Å². The second-order valence-corrected chi connectivity index (χ2v) is 4.92. The largest absolute Gasteiger partial charge is 0.496 e. The minimum absolute atomic E-state index is 0.288. The molecule has 1 aromatic carbocycles. The van der Waals surface area contributed by atoms with E-state index in [2.05, 4.69) is 0 Å². The molecule has 0 aliphatic rings. The van der Waals surface area contributed by atoms with Crippen molar-refractivity contribution in [3.05, 3.63) is 46.2 Å². The van der Waals surface area contributed by atoms with Crippen LogP contribution in [0, 0.1) is 0 Å². The van der Waals surface area contributed by atoms with Crippen LogP contribution in [0.25, 0.3) is 0 Å². The highest BCUT2D eigenvalue weighted by atomic mass is 32.1. The van der Waals surface area contributed by atoms with E-state index in [9.17, 15) is 4.79 Å². The fourth-order valence-electron chi connectivity index (χ4n) is 1.71. The SMILES string of the molecule is COc1cccc(N)c1C(=O)OCCc1cccs1. The fourth-order valence-corrected chi connectivity index (χ4v) is 2.40. The minimum atomic E-state index is -0.452. The molecular formula is C14H15NO3S. The number of thiophene rings is 1. The summed E-state index contributed by atoms with van der Waals surface area (Å²) in [6.07, 6.45) is 0.707. The summed E-state index contributed by atoms with van der Waals surface area (Å²) in [5.74, 6) is -0.0207. The monoisotopic (exact) mass is 277 g/mol. The number of anilines is 1. The molecule has 0 bridgehead atoms. The highest BCUT2D eigenvalue weighted by Crippen LogP contribution is 2.25. The Morgan fingerprint density at radius 2 is 2.16 bits per heavy atom. The molecule has 2 aromatic rings. The van der Waals surface area contributed by atoms with Crippen LogP contribution in [0.5, 0.6) is 5.75 Å². The average molecular weight is 277 g/mol. The molecule has 0 atom stereocenters. The molecule has 2 rings (SSSR count). The van der Waals surface area contributed by atoms with Gasteiger partial charge in [0.25, 0.3) is 0 Å². The van der Waals surface area contributed by atoms with Gasteiger partial charge >= 0.3 is 5.97 Å². The molecule has 0 spiro atoms. The molecule has 1 aromatic heterocycles. The van der Waals surface area contributed by atoms with Crippen LogP contribution in [-0.2, 0) is 11.2 Å². The zero-order valence-corrected chi connectivity index (χ0v) is 11.4. The predicted octanol–water partition coefficient (Wildman–Crippen LogP) is 2.74. The van der Waals surface area contributed by atoms with Gasteiger partial charge in [0.2, 0.25) is 0 Å². The van der Waals surface area contributed by atoms with Crippen LogP contribution in [0.3, 0.4) is 0 Å². The first-order valence-electron chi connectivity index (χ1n) is 5.84. The van der Waals surface area contributed by atoms with E-state index >= 15 is 0 Å². The van der Waals surface area contributed by atoms with Crippen LogP contribution in [-0.4, -0.2) is 19.7 Å². The lowest BCUT2D eigenvalue weighted by atomic mass is 10.1. The van der Waals surface area contributed by atoms with Crippen molar-refractivity contribution in [2.75, 3.05) is 19.5 Å². The number of ether oxygens (including phenoxy) is 2. The summed E-state index contributed by atoms with van der Waals surface area (Å²) in [5.41, 5.74) is 6.44. The molecule has 0 radical (unpaired) electrons. The standard InChI is InChI=1S/C14H15NO3S/c1-17-12-6-2-5-11(15)13(12)14(16)18-8-7-10-4-3-9-19-10/h2-6,9H,7-8,15H2,1H3. The molecule has 0 aliphatic carbocycles. The molecule has 4 nitrogen and oxygen atoms in total. The number of nitrogens with two attached hydrogens (primary N) is 1. The van der Waals surface area contributed by atoms with Crippen molar-refractivity contribution >= 4 is 23.0 Å². The molecule has 0 aliphatic heterocycles. The van der Waals surface area contributed by atoms with Crippen molar-refractivity contribution < 1.29 is 14.3 Å². The van der Waals surface area contributed by atoms with Crippen LogP contribution in [0.1, 0.15) is 15.2 Å². The maximum atomic E-state index is 12.0. The summed E-state index contributed by atoms with van der Waals surface area (Å²) in [5, 5.41) is 2.00. The van der Waals surface area contributed by atoms with Crippen molar-refractivity contribution in [3.8, 4) is 5.75 Å². The normalized spacial score (nSPS) is 10.2. The summed E-state index contributed by atoms with van der Waals surface area (Å²) < 4.78 is 10.4. The van der Waals surface area contributed by atoms with Crippen molar-refractivity contribution in [2.45, 2.75) is 6.42 Å². The van der Waals surface area contributed by atoms with E-state index < -0.39 is 5.97 Å². The van der Waals surface area contributed by atoms with Crippen LogP contribution in [0.15, 0.2) is 35.7 Å². The lowest BCUT2D eigenvalue weighted by molar-refractivity contribution is 0.0507. The Labute approximate surface area is 115 Å². The van der Waals surface area contributed by atoms with Crippen LogP contribution in [0.4, 0.5) is 5.69 Å². The van der Waals surface area contributed by atoms with E-state index in [1.54, 1.807) is 29.5 Å². The molecule has 1 heterocycles. The van der Waals surface area contributed by atoms with Crippen molar-refractivity contribution in [1.82, 2.24) is 0 Å². The highest BCUT2D eigenvalue weighted by Gasteiger charge is 2.17. The van der Waals surface area contributed by atoms with E-state index in [-0.39, 0.29) is 5.56 Å².